The van der Waals surface area contributed by atoms with Gasteiger partial charge in [0.1, 0.15) is 0 Å². The predicted octanol–water partition coefficient (Wildman–Crippen LogP) is 2.14. The van der Waals surface area contributed by atoms with Crippen molar-refractivity contribution in [1.82, 2.24) is 4.98 Å². The van der Waals surface area contributed by atoms with Gasteiger partial charge in [0.2, 0.25) is 10.0 Å². The van der Waals surface area contributed by atoms with Crippen molar-refractivity contribution in [3.8, 4) is 0 Å². The molecule has 3 rings (SSSR count). The summed E-state index contributed by atoms with van der Waals surface area (Å²) in [5, 5.41) is 8.60. The lowest BCUT2D eigenvalue weighted by Gasteiger charge is -2.16. The zero-order chi connectivity index (χ0) is 15.0. The fraction of sp³-hybridized carbons (Fsp3) is 0.267. The number of anilines is 1. The van der Waals surface area contributed by atoms with Gasteiger partial charge in [0.05, 0.1) is 16.6 Å². The number of aryl methyl sites for hydroxylation is 2. The first kappa shape index (κ1) is 14.0. The minimum atomic E-state index is -3.71. The van der Waals surface area contributed by atoms with E-state index in [0.717, 1.165) is 24.2 Å². The van der Waals surface area contributed by atoms with Crippen LogP contribution in [0.25, 0.3) is 0 Å². The van der Waals surface area contributed by atoms with Crippen molar-refractivity contribution in [2.24, 2.45) is 5.14 Å². The maximum absolute atomic E-state index is 11.6. The van der Waals surface area contributed by atoms with Crippen molar-refractivity contribution in [3.05, 3.63) is 53.3 Å². The van der Waals surface area contributed by atoms with Gasteiger partial charge in [-0.25, -0.2) is 13.6 Å². The summed E-state index contributed by atoms with van der Waals surface area (Å²) in [6.07, 6.45) is 3.71. The molecule has 0 saturated heterocycles. The Hall–Kier alpha value is -1.92. The molecule has 1 aliphatic carbocycles. The average molecular weight is 303 g/mol. The summed E-state index contributed by atoms with van der Waals surface area (Å²) in [4.78, 5) is 4.58. The van der Waals surface area contributed by atoms with Crippen molar-refractivity contribution >= 4 is 15.7 Å². The first-order valence-corrected chi connectivity index (χ1v) is 8.33. The summed E-state index contributed by atoms with van der Waals surface area (Å²) in [5.74, 6) is 0. The van der Waals surface area contributed by atoms with Gasteiger partial charge in [-0.1, -0.05) is 12.1 Å². The van der Waals surface area contributed by atoms with Gasteiger partial charge in [-0.3, -0.25) is 4.98 Å². The molecule has 0 radical (unpaired) electrons. The third-order valence-electron chi connectivity index (χ3n) is 3.79. The molecule has 1 atom stereocenters. The Morgan fingerprint density at radius 1 is 1.33 bits per heavy atom. The van der Waals surface area contributed by atoms with E-state index in [4.69, 9.17) is 5.14 Å². The predicted molar refractivity (Wildman–Crippen MR) is 81.5 cm³/mol. The first-order valence-electron chi connectivity index (χ1n) is 6.79. The smallest absolute Gasteiger partial charge is 0.238 e. The molecule has 3 N–H and O–H groups in total. The molecule has 0 bridgehead atoms. The van der Waals surface area contributed by atoms with Crippen molar-refractivity contribution < 1.29 is 8.42 Å². The zero-order valence-electron chi connectivity index (χ0n) is 11.7. The number of rotatable bonds is 3. The summed E-state index contributed by atoms with van der Waals surface area (Å²) in [6, 6.07) is 9.34. The van der Waals surface area contributed by atoms with Gasteiger partial charge in [-0.2, -0.15) is 0 Å². The molecule has 1 aromatic carbocycles. The number of benzene rings is 1. The van der Waals surface area contributed by atoms with E-state index in [1.54, 1.807) is 25.3 Å². The van der Waals surface area contributed by atoms with Crippen LogP contribution in [-0.4, -0.2) is 13.4 Å². The molecule has 0 aliphatic heterocycles. The molecule has 0 fully saturated rings. The summed E-state index contributed by atoms with van der Waals surface area (Å²) in [6.45, 7) is 1.73. The Morgan fingerprint density at radius 3 is 2.90 bits per heavy atom. The maximum Gasteiger partial charge on any atom is 0.238 e. The van der Waals surface area contributed by atoms with E-state index in [9.17, 15) is 8.42 Å². The second-order valence-corrected chi connectivity index (χ2v) is 6.84. The van der Waals surface area contributed by atoms with Gasteiger partial charge in [-0.05, 0) is 49.1 Å². The highest BCUT2D eigenvalue weighted by atomic mass is 32.2. The number of pyridine rings is 1. The standard InChI is InChI=1S/C15H17N3O2S/c1-10-4-6-12(9-14(10)21(16,19)20)18-13-7-5-11-3-2-8-17-15(11)13/h2-4,6,8-9,13,18H,5,7H2,1H3,(H2,16,19,20). The lowest BCUT2D eigenvalue weighted by molar-refractivity contribution is 0.597. The molecule has 0 saturated carbocycles. The van der Waals surface area contributed by atoms with Gasteiger partial charge in [0.15, 0.2) is 0 Å². The number of aromatic nitrogens is 1. The Morgan fingerprint density at radius 2 is 2.14 bits per heavy atom. The first-order chi connectivity index (χ1) is 9.95. The van der Waals surface area contributed by atoms with E-state index < -0.39 is 10.0 Å². The van der Waals surface area contributed by atoms with Gasteiger partial charge in [-0.15, -0.1) is 0 Å². The summed E-state index contributed by atoms with van der Waals surface area (Å²) >= 11 is 0. The van der Waals surface area contributed by atoms with Crippen LogP contribution in [0.15, 0.2) is 41.4 Å². The van der Waals surface area contributed by atoms with Crippen LogP contribution in [0.5, 0.6) is 0 Å². The van der Waals surface area contributed by atoms with Crippen molar-refractivity contribution in [3.63, 3.8) is 0 Å². The van der Waals surface area contributed by atoms with Crippen LogP contribution < -0.4 is 10.5 Å². The van der Waals surface area contributed by atoms with Crippen LogP contribution in [0.4, 0.5) is 5.69 Å². The quantitative estimate of drug-likeness (QED) is 0.909. The van der Waals surface area contributed by atoms with E-state index in [1.807, 2.05) is 12.1 Å². The maximum atomic E-state index is 11.6. The van der Waals surface area contributed by atoms with Crippen LogP contribution in [0.2, 0.25) is 0 Å². The molecule has 2 aromatic rings. The summed E-state index contributed by atoms with van der Waals surface area (Å²) in [5.41, 5.74) is 3.67. The van der Waals surface area contributed by atoms with Crippen LogP contribution in [0.1, 0.15) is 29.3 Å². The number of hydrogen-bond donors (Lipinski definition) is 2. The van der Waals surface area contributed by atoms with Crippen molar-refractivity contribution in [2.45, 2.75) is 30.7 Å². The molecule has 1 heterocycles. The average Bonchev–Trinajstić information content (AvgIpc) is 2.83. The molecule has 0 amide bonds. The lowest BCUT2D eigenvalue weighted by atomic mass is 10.2. The molecular formula is C15H17N3O2S. The Labute approximate surface area is 124 Å². The minimum Gasteiger partial charge on any atom is -0.377 e. The highest BCUT2D eigenvalue weighted by Crippen LogP contribution is 2.32. The Balaban J connectivity index is 1.90. The number of primary sulfonamides is 1. The number of sulfonamides is 1. The largest absolute Gasteiger partial charge is 0.377 e. The topological polar surface area (TPSA) is 85.1 Å². The molecule has 21 heavy (non-hydrogen) atoms. The van der Waals surface area contributed by atoms with Crippen LogP contribution in [0, 0.1) is 6.92 Å². The number of fused-ring (bicyclic) bond motifs is 1. The number of nitrogens with one attached hydrogen (secondary N) is 1. The van der Waals surface area contributed by atoms with Crippen molar-refractivity contribution in [1.29, 1.82) is 0 Å². The summed E-state index contributed by atoms with van der Waals surface area (Å²) in [7, 11) is -3.71. The summed E-state index contributed by atoms with van der Waals surface area (Å²) < 4.78 is 23.2. The van der Waals surface area contributed by atoms with E-state index in [2.05, 4.69) is 16.4 Å². The highest BCUT2D eigenvalue weighted by molar-refractivity contribution is 7.89. The number of nitrogens with zero attached hydrogens (tertiary/aromatic N) is 1. The molecular weight excluding hydrogens is 286 g/mol. The second-order valence-electron chi connectivity index (χ2n) is 5.31. The molecule has 1 aliphatic rings. The minimum absolute atomic E-state index is 0.109. The molecule has 5 nitrogen and oxygen atoms in total. The highest BCUT2D eigenvalue weighted by Gasteiger charge is 2.23. The van der Waals surface area contributed by atoms with Gasteiger partial charge in [0.25, 0.3) is 0 Å². The monoisotopic (exact) mass is 303 g/mol. The van der Waals surface area contributed by atoms with Crippen molar-refractivity contribution in [2.75, 3.05) is 5.32 Å². The SMILES string of the molecule is Cc1ccc(NC2CCc3cccnc32)cc1S(N)(=O)=O. The van der Waals surface area contributed by atoms with Crippen LogP contribution in [-0.2, 0) is 16.4 Å². The molecule has 110 valence electrons. The van der Waals surface area contributed by atoms with E-state index in [0.29, 0.717) is 5.56 Å². The normalized spacial score (nSPS) is 17.5. The third-order valence-corrected chi connectivity index (χ3v) is 4.85. The van der Waals surface area contributed by atoms with Gasteiger partial charge in [0, 0.05) is 11.9 Å². The van der Waals surface area contributed by atoms with Gasteiger partial charge < -0.3 is 5.32 Å². The van der Waals surface area contributed by atoms with Crippen LogP contribution >= 0.6 is 0 Å². The lowest BCUT2D eigenvalue weighted by Crippen LogP contribution is -2.15. The fourth-order valence-corrected chi connectivity index (χ4v) is 3.56. The van der Waals surface area contributed by atoms with E-state index >= 15 is 0 Å². The molecule has 1 aromatic heterocycles. The third kappa shape index (κ3) is 2.77. The van der Waals surface area contributed by atoms with E-state index in [1.165, 1.54) is 5.56 Å². The molecule has 6 heteroatoms. The fourth-order valence-electron chi connectivity index (χ4n) is 2.75. The molecule has 0 spiro atoms. The zero-order valence-corrected chi connectivity index (χ0v) is 12.5. The number of hydrogen-bond acceptors (Lipinski definition) is 4. The second kappa shape index (κ2) is 5.13. The number of nitrogens with two attached hydrogens (primary N) is 1. The van der Waals surface area contributed by atoms with Crippen LogP contribution in [0.3, 0.4) is 0 Å². The Kier molecular flexibility index (Phi) is 3.43. The van der Waals surface area contributed by atoms with E-state index in [-0.39, 0.29) is 10.9 Å². The molecule has 1 unspecified atom stereocenters. The Bertz CT molecular complexity index is 787. The van der Waals surface area contributed by atoms with Gasteiger partial charge >= 0.3 is 0 Å².